The maximum Gasteiger partial charge on any atom is 0.227 e. The second-order valence-electron chi connectivity index (χ2n) is 13.3. The van der Waals surface area contributed by atoms with Crippen LogP contribution in [0.4, 0.5) is 4.39 Å². The van der Waals surface area contributed by atoms with Gasteiger partial charge < -0.3 is 18.5 Å². The number of unbranched alkanes of at least 4 members (excludes halogenated alkanes) is 1. The van der Waals surface area contributed by atoms with Crippen molar-refractivity contribution in [2.45, 2.75) is 38.5 Å². The fourth-order valence-corrected chi connectivity index (χ4v) is 5.46. The third kappa shape index (κ3) is 15.9. The molecule has 8 aromatic rings. The Bertz CT molecular complexity index is 2950. The van der Waals surface area contributed by atoms with E-state index in [1.165, 1.54) is 12.1 Å². The summed E-state index contributed by atoms with van der Waals surface area (Å²) in [4.78, 5) is 21.2. The van der Waals surface area contributed by atoms with Crippen LogP contribution in [0.2, 0.25) is 0 Å². The highest BCUT2D eigenvalue weighted by atomic mass is 19.1. The van der Waals surface area contributed by atoms with Gasteiger partial charge in [0.15, 0.2) is 0 Å². The molecule has 0 atom stereocenters. The van der Waals surface area contributed by atoms with Crippen molar-refractivity contribution in [2.24, 2.45) is 0 Å². The van der Waals surface area contributed by atoms with Crippen LogP contribution in [-0.2, 0) is 12.8 Å². The zero-order valence-electron chi connectivity index (χ0n) is 35.7. The Labute approximate surface area is 377 Å². The molecule has 65 heavy (non-hydrogen) atoms. The van der Waals surface area contributed by atoms with Crippen LogP contribution in [0.5, 0.6) is 11.5 Å². The minimum Gasteiger partial charge on any atom is -0.497 e. The molecule has 0 aliphatic heterocycles. The summed E-state index contributed by atoms with van der Waals surface area (Å²) in [6.45, 7) is 0. The summed E-state index contributed by atoms with van der Waals surface area (Å²) < 4.78 is 33.7. The van der Waals surface area contributed by atoms with Gasteiger partial charge in [-0.3, -0.25) is 0 Å². The first-order valence-corrected chi connectivity index (χ1v) is 20.4. The molecule has 0 amide bonds. The molecular formula is C53H42FN7O4. The number of pyridine rings is 3. The number of ether oxygens (including phenoxy) is 2. The SMILES string of the molecule is COc1cccc(-c2noc(CCC#Cc3ccccn3)n2)c1.COc1ccccc1-c1noc(CCC#Cc2ccccn2)n1.Fc1ccc(C#CCCC#Cc2ccccn2)cc1. The molecule has 5 aromatic heterocycles. The van der Waals surface area contributed by atoms with Gasteiger partial charge in [-0.1, -0.05) is 82.4 Å². The molecule has 0 spiro atoms. The van der Waals surface area contributed by atoms with Crippen molar-refractivity contribution in [3.05, 3.63) is 186 Å². The van der Waals surface area contributed by atoms with Crippen LogP contribution in [-0.4, -0.2) is 49.5 Å². The van der Waals surface area contributed by atoms with Gasteiger partial charge in [-0.15, -0.1) is 0 Å². The summed E-state index contributed by atoms with van der Waals surface area (Å²) in [5.41, 5.74) is 4.78. The predicted octanol–water partition coefficient (Wildman–Crippen LogP) is 9.65. The van der Waals surface area contributed by atoms with Crippen LogP contribution >= 0.6 is 0 Å². The zero-order chi connectivity index (χ0) is 45.2. The summed E-state index contributed by atoms with van der Waals surface area (Å²) in [6, 6.07) is 38.2. The van der Waals surface area contributed by atoms with Gasteiger partial charge in [0.2, 0.25) is 23.4 Å². The lowest BCUT2D eigenvalue weighted by molar-refractivity contribution is 0.379. The number of hydrogen-bond donors (Lipinski definition) is 0. The molecule has 3 aromatic carbocycles. The van der Waals surface area contributed by atoms with Crippen molar-refractivity contribution in [3.63, 3.8) is 0 Å². The lowest BCUT2D eigenvalue weighted by Gasteiger charge is -2.02. The molecule has 12 heteroatoms. The number of methoxy groups -OCH3 is 2. The molecular weight excluding hydrogens is 818 g/mol. The summed E-state index contributed by atoms with van der Waals surface area (Å²) in [5.74, 6) is 27.5. The van der Waals surface area contributed by atoms with Gasteiger partial charge in [0.05, 0.1) is 19.8 Å². The van der Waals surface area contributed by atoms with E-state index in [4.69, 9.17) is 18.5 Å². The van der Waals surface area contributed by atoms with Crippen molar-refractivity contribution >= 4 is 0 Å². The number of hydrogen-bond acceptors (Lipinski definition) is 11. The molecule has 5 heterocycles. The van der Waals surface area contributed by atoms with Crippen molar-refractivity contribution < 1.29 is 22.9 Å². The van der Waals surface area contributed by atoms with Crippen LogP contribution < -0.4 is 9.47 Å². The van der Waals surface area contributed by atoms with Gasteiger partial charge in [-0.25, -0.2) is 19.3 Å². The normalized spacial score (nSPS) is 9.65. The van der Waals surface area contributed by atoms with Crippen LogP contribution in [0.1, 0.15) is 60.1 Å². The van der Waals surface area contributed by atoms with E-state index in [0.29, 0.717) is 62.0 Å². The maximum absolute atomic E-state index is 12.7. The molecule has 0 bridgehead atoms. The highest BCUT2D eigenvalue weighted by Crippen LogP contribution is 2.27. The molecule has 0 aliphatic rings. The van der Waals surface area contributed by atoms with Crippen molar-refractivity contribution in [1.82, 2.24) is 35.2 Å². The third-order valence-corrected chi connectivity index (χ3v) is 8.64. The third-order valence-electron chi connectivity index (χ3n) is 8.64. The van der Waals surface area contributed by atoms with Crippen molar-refractivity contribution in [2.75, 3.05) is 14.2 Å². The Morgan fingerprint density at radius 1 is 0.508 bits per heavy atom. The van der Waals surface area contributed by atoms with Crippen molar-refractivity contribution in [3.8, 4) is 81.6 Å². The smallest absolute Gasteiger partial charge is 0.227 e. The number of halogens is 1. The molecule has 0 saturated carbocycles. The second-order valence-corrected chi connectivity index (χ2v) is 13.3. The van der Waals surface area contributed by atoms with E-state index in [2.05, 4.69) is 82.6 Å². The van der Waals surface area contributed by atoms with Gasteiger partial charge in [-0.05, 0) is 103 Å². The number of rotatable bonds is 9. The average Bonchev–Trinajstić information content (AvgIpc) is 4.05. The predicted molar refractivity (Wildman–Crippen MR) is 245 cm³/mol. The van der Waals surface area contributed by atoms with E-state index in [-0.39, 0.29) is 5.82 Å². The largest absolute Gasteiger partial charge is 0.497 e. The van der Waals surface area contributed by atoms with E-state index in [0.717, 1.165) is 45.3 Å². The molecule has 0 aliphatic carbocycles. The number of nitrogens with zero attached hydrogens (tertiary/aromatic N) is 7. The highest BCUT2D eigenvalue weighted by Gasteiger charge is 2.12. The Hall–Kier alpha value is -8.84. The number of benzene rings is 3. The second kappa shape index (κ2) is 25.8. The highest BCUT2D eigenvalue weighted by molar-refractivity contribution is 5.63. The Kier molecular flexibility index (Phi) is 18.1. The average molecular weight is 860 g/mol. The zero-order valence-corrected chi connectivity index (χ0v) is 35.7. The maximum atomic E-state index is 12.7. The molecule has 0 radical (unpaired) electrons. The minimum absolute atomic E-state index is 0.244. The minimum atomic E-state index is -0.244. The fourth-order valence-electron chi connectivity index (χ4n) is 5.46. The Morgan fingerprint density at radius 3 is 1.58 bits per heavy atom. The molecule has 320 valence electrons. The van der Waals surface area contributed by atoms with Gasteiger partial charge in [0.1, 0.15) is 34.4 Å². The topological polar surface area (TPSA) is 135 Å². The van der Waals surface area contributed by atoms with Gasteiger partial charge in [0.25, 0.3) is 0 Å². The molecule has 11 nitrogen and oxygen atoms in total. The number of para-hydroxylation sites is 1. The summed E-state index contributed by atoms with van der Waals surface area (Å²) in [7, 11) is 3.24. The summed E-state index contributed by atoms with van der Waals surface area (Å²) >= 11 is 0. The van der Waals surface area contributed by atoms with E-state index in [9.17, 15) is 4.39 Å². The first-order chi connectivity index (χ1) is 32.1. The lowest BCUT2D eigenvalue weighted by Crippen LogP contribution is -1.89. The Balaban J connectivity index is 0.000000163. The molecule has 0 fully saturated rings. The quantitative estimate of drug-likeness (QED) is 0.101. The number of aromatic nitrogens is 7. The van der Waals surface area contributed by atoms with Crippen LogP contribution in [0.25, 0.3) is 22.8 Å². The summed E-state index contributed by atoms with van der Waals surface area (Å²) in [6.07, 6.45) is 9.03. The lowest BCUT2D eigenvalue weighted by atomic mass is 10.2. The van der Waals surface area contributed by atoms with E-state index in [1.807, 2.05) is 103 Å². The Morgan fingerprint density at radius 2 is 1.03 bits per heavy atom. The van der Waals surface area contributed by atoms with Crippen LogP contribution in [0, 0.1) is 53.2 Å². The van der Waals surface area contributed by atoms with Gasteiger partial charge >= 0.3 is 0 Å². The first-order valence-electron chi connectivity index (χ1n) is 20.4. The monoisotopic (exact) mass is 859 g/mol. The summed E-state index contributed by atoms with van der Waals surface area (Å²) in [5, 5.41) is 8.00. The number of aryl methyl sites for hydroxylation is 2. The van der Waals surface area contributed by atoms with Gasteiger partial charge in [0, 0.05) is 68.2 Å². The standard InChI is InChI=1S/2C18H15N3O2.C17H12FN/c1-22-16-11-4-3-10-15(16)18-20-17(23-21-18)12-5-2-8-14-9-6-7-13-19-14;1-22-16-10-6-7-14(13-16)18-20-17(23-21-18)11-3-2-8-15-9-4-5-12-19-15;18-16-12-10-15(11-13-16)7-3-1-2-4-8-17-9-5-6-14-19-17/h3-4,6-7,9-11,13H,5,12H2,1H3;4-7,9-10,12-13H,3,11H2,1H3;5-6,9-14H,1-2H2. The van der Waals surface area contributed by atoms with E-state index < -0.39 is 0 Å². The van der Waals surface area contributed by atoms with Crippen molar-refractivity contribution in [1.29, 1.82) is 0 Å². The molecule has 8 rings (SSSR count). The molecule has 0 saturated heterocycles. The van der Waals surface area contributed by atoms with Gasteiger partial charge in [-0.2, -0.15) is 9.97 Å². The van der Waals surface area contributed by atoms with Crippen LogP contribution in [0.15, 0.2) is 155 Å². The van der Waals surface area contributed by atoms with E-state index >= 15 is 0 Å². The molecule has 0 N–H and O–H groups in total. The van der Waals surface area contributed by atoms with E-state index in [1.54, 1.807) is 44.9 Å². The van der Waals surface area contributed by atoms with Crippen LogP contribution in [0.3, 0.4) is 0 Å². The fraction of sp³-hybridized carbons (Fsp3) is 0.151. The first kappa shape index (κ1) is 45.7. The molecule has 0 unspecified atom stereocenters.